The molecule has 1 atom stereocenters. The summed E-state index contributed by atoms with van der Waals surface area (Å²) in [7, 11) is 1.75. The molecule has 1 aromatic carbocycles. The van der Waals surface area contributed by atoms with Crippen molar-refractivity contribution in [2.75, 3.05) is 19.0 Å². The highest BCUT2D eigenvalue weighted by molar-refractivity contribution is 5.45. The van der Waals surface area contributed by atoms with Gasteiger partial charge in [-0.15, -0.1) is 0 Å². The molecule has 1 aromatic rings. The molecule has 1 unspecified atom stereocenters. The topological polar surface area (TPSA) is 21.3 Å². The van der Waals surface area contributed by atoms with Crippen LogP contribution in [0, 0.1) is 5.92 Å². The van der Waals surface area contributed by atoms with Crippen LogP contribution in [0.3, 0.4) is 0 Å². The van der Waals surface area contributed by atoms with Crippen LogP contribution < -0.4 is 5.32 Å². The first kappa shape index (κ1) is 14.0. The number of nitrogens with one attached hydrogen (secondary N) is 1. The lowest BCUT2D eigenvalue weighted by Crippen LogP contribution is -2.30. The number of ether oxygens (including phenoxy) is 1. The second-order valence-corrected chi connectivity index (χ2v) is 4.90. The molecule has 0 saturated carbocycles. The molecule has 0 bridgehead atoms. The fourth-order valence-electron chi connectivity index (χ4n) is 1.85. The Hall–Kier alpha value is -1.02. The summed E-state index contributed by atoms with van der Waals surface area (Å²) < 4.78 is 5.24. The second kappa shape index (κ2) is 7.33. The standard InChI is InChI=1S/C15H25NO/c1-5-6-13-7-9-14(10-8-13)16-15(11-17-4)12(2)3/h7-10,12,15-16H,5-6,11H2,1-4H3. The Labute approximate surface area is 105 Å². The first-order valence-corrected chi connectivity index (χ1v) is 6.51. The van der Waals surface area contributed by atoms with E-state index < -0.39 is 0 Å². The fraction of sp³-hybridized carbons (Fsp3) is 0.600. The van der Waals surface area contributed by atoms with Crippen LogP contribution in [-0.4, -0.2) is 19.8 Å². The van der Waals surface area contributed by atoms with Gasteiger partial charge < -0.3 is 10.1 Å². The van der Waals surface area contributed by atoms with Crippen molar-refractivity contribution in [3.05, 3.63) is 29.8 Å². The number of anilines is 1. The Balaban J connectivity index is 2.60. The molecule has 0 radical (unpaired) electrons. The van der Waals surface area contributed by atoms with Gasteiger partial charge in [-0.2, -0.15) is 0 Å². The smallest absolute Gasteiger partial charge is 0.0666 e. The van der Waals surface area contributed by atoms with Gasteiger partial charge in [-0.05, 0) is 30.0 Å². The zero-order valence-corrected chi connectivity index (χ0v) is 11.5. The van der Waals surface area contributed by atoms with Crippen molar-refractivity contribution >= 4 is 5.69 Å². The van der Waals surface area contributed by atoms with Crippen LogP contribution in [0.4, 0.5) is 5.69 Å². The summed E-state index contributed by atoms with van der Waals surface area (Å²) >= 11 is 0. The van der Waals surface area contributed by atoms with E-state index in [4.69, 9.17) is 4.74 Å². The maximum atomic E-state index is 5.24. The first-order chi connectivity index (χ1) is 8.17. The fourth-order valence-corrected chi connectivity index (χ4v) is 1.85. The summed E-state index contributed by atoms with van der Waals surface area (Å²) in [5, 5.41) is 3.52. The SMILES string of the molecule is CCCc1ccc(NC(COC)C(C)C)cc1. The first-order valence-electron chi connectivity index (χ1n) is 6.51. The molecule has 0 amide bonds. The van der Waals surface area contributed by atoms with Gasteiger partial charge in [0.15, 0.2) is 0 Å². The normalized spacial score (nSPS) is 12.8. The van der Waals surface area contributed by atoms with E-state index in [1.54, 1.807) is 7.11 Å². The largest absolute Gasteiger partial charge is 0.383 e. The molecule has 0 aliphatic rings. The van der Waals surface area contributed by atoms with E-state index in [0.29, 0.717) is 12.0 Å². The van der Waals surface area contributed by atoms with Crippen molar-refractivity contribution in [1.29, 1.82) is 0 Å². The Kier molecular flexibility index (Phi) is 6.06. The number of aryl methyl sites for hydroxylation is 1. The maximum absolute atomic E-state index is 5.24. The quantitative estimate of drug-likeness (QED) is 0.777. The predicted octanol–water partition coefficient (Wildman–Crippen LogP) is 3.72. The highest BCUT2D eigenvalue weighted by Crippen LogP contribution is 2.15. The monoisotopic (exact) mass is 235 g/mol. The van der Waals surface area contributed by atoms with E-state index in [0.717, 1.165) is 13.0 Å². The van der Waals surface area contributed by atoms with Crippen LogP contribution in [-0.2, 0) is 11.2 Å². The summed E-state index contributed by atoms with van der Waals surface area (Å²) in [6, 6.07) is 9.11. The van der Waals surface area contributed by atoms with Crippen LogP contribution in [0.5, 0.6) is 0 Å². The van der Waals surface area contributed by atoms with Crippen LogP contribution >= 0.6 is 0 Å². The molecule has 96 valence electrons. The molecule has 0 aliphatic carbocycles. The molecule has 0 spiro atoms. The molecule has 1 N–H and O–H groups in total. The van der Waals surface area contributed by atoms with Gasteiger partial charge in [0.1, 0.15) is 0 Å². The van der Waals surface area contributed by atoms with Crippen molar-refractivity contribution < 1.29 is 4.74 Å². The summed E-state index contributed by atoms with van der Waals surface area (Å²) in [6.45, 7) is 7.37. The minimum absolute atomic E-state index is 0.372. The Bertz CT molecular complexity index is 305. The molecule has 0 fully saturated rings. The highest BCUT2D eigenvalue weighted by Gasteiger charge is 2.12. The van der Waals surface area contributed by atoms with E-state index in [1.807, 2.05) is 0 Å². The van der Waals surface area contributed by atoms with Gasteiger partial charge in [0.05, 0.1) is 12.6 Å². The third-order valence-electron chi connectivity index (χ3n) is 3.00. The number of rotatable bonds is 7. The lowest BCUT2D eigenvalue weighted by Gasteiger charge is -2.22. The molecular formula is C15H25NO. The number of hydrogen-bond acceptors (Lipinski definition) is 2. The number of hydrogen-bond donors (Lipinski definition) is 1. The third kappa shape index (κ3) is 4.78. The van der Waals surface area contributed by atoms with Crippen LogP contribution in [0.15, 0.2) is 24.3 Å². The van der Waals surface area contributed by atoms with Crippen molar-refractivity contribution in [3.63, 3.8) is 0 Å². The van der Waals surface area contributed by atoms with Crippen molar-refractivity contribution in [2.24, 2.45) is 5.92 Å². The molecule has 17 heavy (non-hydrogen) atoms. The van der Waals surface area contributed by atoms with Gasteiger partial charge in [0.25, 0.3) is 0 Å². The zero-order chi connectivity index (χ0) is 12.7. The van der Waals surface area contributed by atoms with Gasteiger partial charge in [0.2, 0.25) is 0 Å². The highest BCUT2D eigenvalue weighted by atomic mass is 16.5. The van der Waals surface area contributed by atoms with Crippen LogP contribution in [0.1, 0.15) is 32.8 Å². The minimum Gasteiger partial charge on any atom is -0.383 e. The minimum atomic E-state index is 0.372. The van der Waals surface area contributed by atoms with E-state index in [1.165, 1.54) is 17.7 Å². The van der Waals surface area contributed by atoms with Crippen molar-refractivity contribution in [2.45, 2.75) is 39.7 Å². The van der Waals surface area contributed by atoms with Gasteiger partial charge in [-0.25, -0.2) is 0 Å². The second-order valence-electron chi connectivity index (χ2n) is 4.90. The van der Waals surface area contributed by atoms with Gasteiger partial charge in [-0.3, -0.25) is 0 Å². The zero-order valence-electron chi connectivity index (χ0n) is 11.5. The van der Waals surface area contributed by atoms with Gasteiger partial charge in [-0.1, -0.05) is 39.3 Å². The van der Waals surface area contributed by atoms with Crippen molar-refractivity contribution in [1.82, 2.24) is 0 Å². The Morgan fingerprint density at radius 2 is 1.82 bits per heavy atom. The average molecular weight is 235 g/mol. The van der Waals surface area contributed by atoms with E-state index in [9.17, 15) is 0 Å². The molecule has 0 aromatic heterocycles. The molecular weight excluding hydrogens is 210 g/mol. The lowest BCUT2D eigenvalue weighted by molar-refractivity contribution is 0.171. The van der Waals surface area contributed by atoms with Gasteiger partial charge in [0, 0.05) is 12.8 Å². The van der Waals surface area contributed by atoms with Crippen LogP contribution in [0.2, 0.25) is 0 Å². The Morgan fingerprint density at radius 1 is 1.18 bits per heavy atom. The summed E-state index contributed by atoms with van der Waals surface area (Å²) in [6.07, 6.45) is 2.36. The number of benzene rings is 1. The molecule has 2 heteroatoms. The van der Waals surface area contributed by atoms with Crippen LogP contribution in [0.25, 0.3) is 0 Å². The summed E-state index contributed by atoms with van der Waals surface area (Å²) in [5.41, 5.74) is 2.59. The maximum Gasteiger partial charge on any atom is 0.0666 e. The summed E-state index contributed by atoms with van der Waals surface area (Å²) in [4.78, 5) is 0. The van der Waals surface area contributed by atoms with Crippen molar-refractivity contribution in [3.8, 4) is 0 Å². The van der Waals surface area contributed by atoms with E-state index >= 15 is 0 Å². The van der Waals surface area contributed by atoms with E-state index in [-0.39, 0.29) is 0 Å². The molecule has 0 saturated heterocycles. The predicted molar refractivity (Wildman–Crippen MR) is 74.6 cm³/mol. The Morgan fingerprint density at radius 3 is 2.29 bits per heavy atom. The number of methoxy groups -OCH3 is 1. The van der Waals surface area contributed by atoms with Gasteiger partial charge >= 0.3 is 0 Å². The average Bonchev–Trinajstić information content (AvgIpc) is 2.31. The lowest BCUT2D eigenvalue weighted by atomic mass is 10.0. The van der Waals surface area contributed by atoms with E-state index in [2.05, 4.69) is 50.4 Å². The third-order valence-corrected chi connectivity index (χ3v) is 3.00. The summed E-state index contributed by atoms with van der Waals surface area (Å²) in [5.74, 6) is 0.560. The molecule has 0 aliphatic heterocycles. The molecule has 2 nitrogen and oxygen atoms in total. The molecule has 0 heterocycles. The molecule has 1 rings (SSSR count).